The normalized spacial score (nSPS) is 12.2. The van der Waals surface area contributed by atoms with Gasteiger partial charge in [-0.3, -0.25) is 13.7 Å². The Kier molecular flexibility index (Phi) is 25.3. The maximum Gasteiger partial charge on any atom is 0.295 e. The molecule has 10 nitrogen and oxygen atoms in total. The van der Waals surface area contributed by atoms with Crippen molar-refractivity contribution in [2.24, 2.45) is 0 Å². The van der Waals surface area contributed by atoms with Gasteiger partial charge in [0.2, 0.25) is 0 Å². The van der Waals surface area contributed by atoms with E-state index in [1.165, 1.54) is 101 Å². The van der Waals surface area contributed by atoms with Gasteiger partial charge in [0.1, 0.15) is 14.7 Å². The standard InChI is InChI=1S/C40H59NO9S3.3Na/c1-3-5-7-9-11-13-15-17-19-21-27-41(28-22-20-18-16-14-12-10-8-6-4-2)35-29-36(51(42,43)44)32-25-26-34-38(53(48,49)50)30-37(52(45,46)47)33-24-23-31(35)39(32)40(33)34;;;/h23-26,29-30H,3-22,27-28H2,1-2H3,(H,42,43,44)(H,45,46,47)(H,48,49,50);;;. The first kappa shape index (κ1) is 54.5. The largest absolute Gasteiger partial charge is 0.371 e. The van der Waals surface area contributed by atoms with E-state index in [0.29, 0.717) is 30.2 Å². The van der Waals surface area contributed by atoms with Gasteiger partial charge in [-0.05, 0) is 25.0 Å². The summed E-state index contributed by atoms with van der Waals surface area (Å²) < 4.78 is 107. The van der Waals surface area contributed by atoms with Crippen LogP contribution in [0, 0.1) is 0 Å². The maximum absolute atomic E-state index is 13.0. The number of anilines is 1. The minimum atomic E-state index is -4.98. The average molecular weight is 863 g/mol. The molecule has 299 valence electrons. The summed E-state index contributed by atoms with van der Waals surface area (Å²) in [7, 11) is -14.8. The molecule has 0 amide bonds. The van der Waals surface area contributed by atoms with Gasteiger partial charge in [0.25, 0.3) is 30.4 Å². The van der Waals surface area contributed by atoms with Crippen molar-refractivity contribution < 1.29 is 38.9 Å². The maximum atomic E-state index is 13.0. The van der Waals surface area contributed by atoms with Crippen molar-refractivity contribution in [1.29, 1.82) is 0 Å². The zero-order valence-corrected chi connectivity index (χ0v) is 42.9. The molecule has 0 aromatic heterocycles. The summed E-state index contributed by atoms with van der Waals surface area (Å²) in [5.74, 6) is 0. The van der Waals surface area contributed by atoms with Crippen LogP contribution in [0.4, 0.5) is 5.69 Å². The van der Waals surface area contributed by atoms with Gasteiger partial charge < -0.3 is 4.90 Å². The minimum absolute atomic E-state index is 0. The zero-order chi connectivity index (χ0) is 38.6. The predicted molar refractivity (Wildman–Crippen MR) is 233 cm³/mol. The smallest absolute Gasteiger partial charge is 0.295 e. The third kappa shape index (κ3) is 15.4. The number of nitrogens with zero attached hydrogens (tertiary/aromatic N) is 1. The molecule has 0 aliphatic heterocycles. The van der Waals surface area contributed by atoms with E-state index in [4.69, 9.17) is 0 Å². The second kappa shape index (κ2) is 26.0. The van der Waals surface area contributed by atoms with E-state index < -0.39 is 45.0 Å². The summed E-state index contributed by atoms with van der Waals surface area (Å²) in [4.78, 5) is 0.261. The fraction of sp³-hybridized carbons (Fsp3) is 0.600. The molecule has 0 aliphatic rings. The SMILES string of the molecule is CCCCCCCCCCCCN(CCCCCCCCCCCC)c1cc(S(=O)(=O)O)c2ccc3c(S(=O)(=O)O)cc(S(=O)(=O)O)c4ccc1c2c43.[Na].[Na].[Na]. The zero-order valence-electron chi connectivity index (χ0n) is 34.5. The van der Waals surface area contributed by atoms with Crippen molar-refractivity contribution in [3.63, 3.8) is 0 Å². The summed E-state index contributed by atoms with van der Waals surface area (Å²) >= 11 is 0. The number of hydrogen-bond acceptors (Lipinski definition) is 7. The van der Waals surface area contributed by atoms with Crippen molar-refractivity contribution in [1.82, 2.24) is 0 Å². The van der Waals surface area contributed by atoms with Crippen molar-refractivity contribution >= 4 is 157 Å². The van der Waals surface area contributed by atoms with Gasteiger partial charge in [-0.2, -0.15) is 25.3 Å². The second-order valence-electron chi connectivity index (χ2n) is 14.6. The molecule has 0 aliphatic carbocycles. The molecule has 0 unspecified atom stereocenters. The monoisotopic (exact) mass is 862 g/mol. The van der Waals surface area contributed by atoms with Crippen LogP contribution in [0.1, 0.15) is 142 Å². The van der Waals surface area contributed by atoms with E-state index in [2.05, 4.69) is 18.7 Å². The second-order valence-corrected chi connectivity index (χ2v) is 18.8. The summed E-state index contributed by atoms with van der Waals surface area (Å²) in [5.41, 5.74) is 0.525. The van der Waals surface area contributed by atoms with Crippen LogP contribution in [-0.4, -0.2) is 141 Å². The van der Waals surface area contributed by atoms with Crippen LogP contribution in [0.5, 0.6) is 0 Å². The van der Waals surface area contributed by atoms with E-state index in [9.17, 15) is 38.9 Å². The Hall–Kier alpha value is 0.450. The molecule has 0 fully saturated rings. The minimum Gasteiger partial charge on any atom is -0.371 e. The molecule has 0 saturated heterocycles. The van der Waals surface area contributed by atoms with E-state index in [1.54, 1.807) is 6.07 Å². The van der Waals surface area contributed by atoms with Crippen LogP contribution in [0.2, 0.25) is 0 Å². The third-order valence-corrected chi connectivity index (χ3v) is 13.2. The number of rotatable bonds is 26. The first-order valence-electron chi connectivity index (χ1n) is 19.7. The molecule has 56 heavy (non-hydrogen) atoms. The quantitative estimate of drug-likeness (QED) is 0.0239. The first-order chi connectivity index (χ1) is 25.2. The Morgan fingerprint density at radius 3 is 1.00 bits per heavy atom. The molecule has 4 aromatic rings. The fourth-order valence-corrected chi connectivity index (χ4v) is 9.93. The van der Waals surface area contributed by atoms with Crippen LogP contribution in [0.3, 0.4) is 0 Å². The van der Waals surface area contributed by atoms with Crippen LogP contribution in [0.15, 0.2) is 51.1 Å². The van der Waals surface area contributed by atoms with Crippen molar-refractivity contribution in [2.45, 2.75) is 157 Å². The molecule has 4 aromatic carbocycles. The topological polar surface area (TPSA) is 166 Å². The number of unbranched alkanes of at least 4 members (excludes halogenated alkanes) is 18. The number of benzene rings is 4. The fourth-order valence-electron chi connectivity index (χ4n) is 7.71. The summed E-state index contributed by atoms with van der Waals surface area (Å²) in [6.45, 7) is 5.67. The van der Waals surface area contributed by atoms with Gasteiger partial charge in [0.15, 0.2) is 0 Å². The van der Waals surface area contributed by atoms with Crippen LogP contribution >= 0.6 is 0 Å². The van der Waals surface area contributed by atoms with Gasteiger partial charge in [-0.15, -0.1) is 0 Å². The van der Waals surface area contributed by atoms with Gasteiger partial charge in [-0.1, -0.05) is 154 Å². The van der Waals surface area contributed by atoms with Crippen LogP contribution in [-0.2, 0) is 30.4 Å². The first-order valence-corrected chi connectivity index (χ1v) is 24.0. The van der Waals surface area contributed by atoms with E-state index in [1.807, 2.05) is 0 Å². The summed E-state index contributed by atoms with van der Waals surface area (Å²) in [6, 6.07) is 7.92. The van der Waals surface area contributed by atoms with Crippen LogP contribution in [0.25, 0.3) is 32.3 Å². The van der Waals surface area contributed by atoms with E-state index in [-0.39, 0.29) is 116 Å². The van der Waals surface area contributed by atoms with Crippen molar-refractivity contribution in [2.75, 3.05) is 18.0 Å². The van der Waals surface area contributed by atoms with E-state index in [0.717, 1.165) is 51.4 Å². The Balaban J connectivity index is 0.00000523. The van der Waals surface area contributed by atoms with Gasteiger partial charge in [0, 0.05) is 140 Å². The molecule has 16 heteroatoms. The molecule has 0 heterocycles. The molecular weight excluding hydrogens is 804 g/mol. The average Bonchev–Trinajstić information content (AvgIpc) is 3.09. The molecule has 3 radical (unpaired) electrons. The Labute approximate surface area is 402 Å². The van der Waals surface area contributed by atoms with Crippen molar-refractivity contribution in [3.8, 4) is 0 Å². The van der Waals surface area contributed by atoms with Crippen LogP contribution < -0.4 is 4.90 Å². The van der Waals surface area contributed by atoms with Crippen molar-refractivity contribution in [3.05, 3.63) is 36.4 Å². The van der Waals surface area contributed by atoms with Gasteiger partial charge >= 0.3 is 0 Å². The van der Waals surface area contributed by atoms with E-state index >= 15 is 0 Å². The molecule has 0 atom stereocenters. The third-order valence-electron chi connectivity index (χ3n) is 10.5. The molecule has 0 spiro atoms. The Morgan fingerprint density at radius 1 is 0.411 bits per heavy atom. The Bertz CT molecular complexity index is 2060. The molecule has 0 bridgehead atoms. The van der Waals surface area contributed by atoms with Gasteiger partial charge in [-0.25, -0.2) is 0 Å². The molecule has 0 saturated carbocycles. The predicted octanol–water partition coefficient (Wildman–Crippen LogP) is 9.83. The number of hydrogen-bond donors (Lipinski definition) is 3. The summed E-state index contributed by atoms with van der Waals surface area (Å²) in [6.07, 6.45) is 23.2. The summed E-state index contributed by atoms with van der Waals surface area (Å²) in [5, 5.41) is 0.795. The van der Waals surface area contributed by atoms with Gasteiger partial charge in [0.05, 0.1) is 0 Å². The Morgan fingerprint density at radius 2 is 0.679 bits per heavy atom. The molecule has 3 N–H and O–H groups in total. The molecular formula is C40H59NNa3O9S3. The molecule has 4 rings (SSSR count).